The molecule has 0 aromatic heterocycles. The molecule has 0 fully saturated rings. The average molecular weight is 248 g/mol. The zero-order valence-corrected chi connectivity index (χ0v) is 10.3. The first-order valence-electron chi connectivity index (χ1n) is 6.21. The number of ketones is 2. The summed E-state index contributed by atoms with van der Waals surface area (Å²) in [5.41, 5.74) is -1.28. The van der Waals surface area contributed by atoms with Crippen molar-refractivity contribution in [1.29, 1.82) is 0 Å². The molecule has 2 atom stereocenters. The van der Waals surface area contributed by atoms with Gasteiger partial charge in [-0.25, -0.2) is 0 Å². The number of rotatable bonds is 2. The van der Waals surface area contributed by atoms with Gasteiger partial charge in [-0.2, -0.15) is 0 Å². The highest BCUT2D eigenvalue weighted by Gasteiger charge is 2.52. The summed E-state index contributed by atoms with van der Waals surface area (Å²) in [6.45, 7) is 1.93. The maximum Gasteiger partial charge on any atom is 0.324 e. The van der Waals surface area contributed by atoms with Gasteiger partial charge in [0.1, 0.15) is 0 Å². The van der Waals surface area contributed by atoms with Gasteiger partial charge in [-0.05, 0) is 37.8 Å². The second kappa shape index (κ2) is 4.88. The SMILES string of the molecule is CCOC(=O)[C@]12C=CC(=O)C[C@H]1CCC=CC2=O. The largest absolute Gasteiger partial charge is 0.465 e. The van der Waals surface area contributed by atoms with Gasteiger partial charge in [-0.15, -0.1) is 0 Å². The van der Waals surface area contributed by atoms with Crippen LogP contribution in [0.25, 0.3) is 0 Å². The van der Waals surface area contributed by atoms with Gasteiger partial charge in [0.25, 0.3) is 0 Å². The fourth-order valence-corrected chi connectivity index (χ4v) is 2.66. The van der Waals surface area contributed by atoms with Crippen LogP contribution in [0.2, 0.25) is 0 Å². The zero-order chi connectivity index (χ0) is 13.2. The van der Waals surface area contributed by atoms with E-state index in [-0.39, 0.29) is 30.5 Å². The predicted molar refractivity (Wildman–Crippen MR) is 64.7 cm³/mol. The number of carbonyl (C=O) groups excluding carboxylic acids is 3. The molecule has 96 valence electrons. The van der Waals surface area contributed by atoms with E-state index in [2.05, 4.69) is 0 Å². The van der Waals surface area contributed by atoms with Gasteiger partial charge in [0.05, 0.1) is 6.61 Å². The fraction of sp³-hybridized carbons (Fsp3) is 0.500. The van der Waals surface area contributed by atoms with Crippen molar-refractivity contribution in [2.24, 2.45) is 11.3 Å². The van der Waals surface area contributed by atoms with Crippen molar-refractivity contribution in [1.82, 2.24) is 0 Å². The highest BCUT2D eigenvalue weighted by molar-refractivity contribution is 6.13. The van der Waals surface area contributed by atoms with E-state index in [1.165, 1.54) is 18.2 Å². The van der Waals surface area contributed by atoms with Crippen LogP contribution in [0.1, 0.15) is 26.2 Å². The highest BCUT2D eigenvalue weighted by Crippen LogP contribution is 2.42. The van der Waals surface area contributed by atoms with Crippen LogP contribution >= 0.6 is 0 Å². The van der Waals surface area contributed by atoms with Crippen LogP contribution in [0.15, 0.2) is 24.3 Å². The zero-order valence-electron chi connectivity index (χ0n) is 10.3. The van der Waals surface area contributed by atoms with Crippen molar-refractivity contribution in [2.45, 2.75) is 26.2 Å². The molecule has 4 nitrogen and oxygen atoms in total. The minimum absolute atomic E-state index is 0.0328. The van der Waals surface area contributed by atoms with Gasteiger partial charge in [0.15, 0.2) is 17.0 Å². The minimum Gasteiger partial charge on any atom is -0.465 e. The molecule has 0 heterocycles. The molecule has 0 N–H and O–H groups in total. The third-order valence-corrected chi connectivity index (χ3v) is 3.60. The van der Waals surface area contributed by atoms with E-state index < -0.39 is 11.4 Å². The molecule has 0 aromatic rings. The molecule has 4 heteroatoms. The van der Waals surface area contributed by atoms with Crippen molar-refractivity contribution in [3.8, 4) is 0 Å². The van der Waals surface area contributed by atoms with E-state index in [4.69, 9.17) is 4.74 Å². The molecule has 18 heavy (non-hydrogen) atoms. The lowest BCUT2D eigenvalue weighted by Gasteiger charge is -2.35. The number of hydrogen-bond donors (Lipinski definition) is 0. The van der Waals surface area contributed by atoms with E-state index in [1.807, 2.05) is 0 Å². The van der Waals surface area contributed by atoms with Crippen molar-refractivity contribution < 1.29 is 19.1 Å². The molecule has 2 rings (SSSR count). The number of ether oxygens (including phenoxy) is 1. The Hall–Kier alpha value is -1.71. The summed E-state index contributed by atoms with van der Waals surface area (Å²) in [4.78, 5) is 35.9. The summed E-state index contributed by atoms with van der Waals surface area (Å²) in [6.07, 6.45) is 7.58. The molecule has 0 saturated heterocycles. The van der Waals surface area contributed by atoms with Crippen molar-refractivity contribution >= 4 is 17.5 Å². The average Bonchev–Trinajstić information content (AvgIpc) is 2.50. The van der Waals surface area contributed by atoms with Gasteiger partial charge in [-0.1, -0.05) is 12.2 Å². The second-order valence-electron chi connectivity index (χ2n) is 4.63. The monoisotopic (exact) mass is 248 g/mol. The molecule has 0 spiro atoms. The van der Waals surface area contributed by atoms with Crippen molar-refractivity contribution in [2.75, 3.05) is 6.61 Å². The molecule has 0 unspecified atom stereocenters. The molecule has 2 aliphatic rings. The van der Waals surface area contributed by atoms with Crippen molar-refractivity contribution in [3.05, 3.63) is 24.3 Å². The van der Waals surface area contributed by atoms with E-state index in [9.17, 15) is 14.4 Å². The number of esters is 1. The molecule has 0 aliphatic heterocycles. The van der Waals surface area contributed by atoms with Crippen LogP contribution in [-0.4, -0.2) is 24.1 Å². The Bertz CT molecular complexity index is 447. The molecule has 0 bridgehead atoms. The van der Waals surface area contributed by atoms with Gasteiger partial charge < -0.3 is 4.74 Å². The predicted octanol–water partition coefficient (Wildman–Crippen LogP) is 1.60. The van der Waals surface area contributed by atoms with E-state index in [1.54, 1.807) is 13.0 Å². The lowest BCUT2D eigenvalue weighted by atomic mass is 9.66. The first kappa shape index (κ1) is 12.7. The Balaban J connectivity index is 2.47. The van der Waals surface area contributed by atoms with Crippen LogP contribution in [0.5, 0.6) is 0 Å². The second-order valence-corrected chi connectivity index (χ2v) is 4.63. The Labute approximate surface area is 106 Å². The Morgan fingerprint density at radius 2 is 2.22 bits per heavy atom. The quantitative estimate of drug-likeness (QED) is 0.550. The summed E-state index contributed by atoms with van der Waals surface area (Å²) in [5.74, 6) is -1.12. The van der Waals surface area contributed by atoms with E-state index in [0.717, 1.165) is 0 Å². The minimum atomic E-state index is -1.28. The van der Waals surface area contributed by atoms with Crippen molar-refractivity contribution in [3.63, 3.8) is 0 Å². The third kappa shape index (κ3) is 1.92. The van der Waals surface area contributed by atoms with Crippen LogP contribution in [0.4, 0.5) is 0 Å². The van der Waals surface area contributed by atoms with Gasteiger partial charge in [-0.3, -0.25) is 14.4 Å². The van der Waals surface area contributed by atoms with Crippen LogP contribution < -0.4 is 0 Å². The summed E-state index contributed by atoms with van der Waals surface area (Å²) < 4.78 is 5.05. The lowest BCUT2D eigenvalue weighted by Crippen LogP contribution is -2.46. The summed E-state index contributed by atoms with van der Waals surface area (Å²) >= 11 is 0. The highest BCUT2D eigenvalue weighted by atomic mass is 16.5. The molecular formula is C14H16O4. The van der Waals surface area contributed by atoms with Crippen LogP contribution in [0.3, 0.4) is 0 Å². The Morgan fingerprint density at radius 1 is 1.44 bits per heavy atom. The number of fused-ring (bicyclic) bond motifs is 1. The van der Waals surface area contributed by atoms with E-state index in [0.29, 0.717) is 12.8 Å². The Kier molecular flexibility index (Phi) is 3.45. The van der Waals surface area contributed by atoms with Crippen LogP contribution in [-0.2, 0) is 19.1 Å². The van der Waals surface area contributed by atoms with E-state index >= 15 is 0 Å². The molecular weight excluding hydrogens is 232 g/mol. The number of hydrogen-bond acceptors (Lipinski definition) is 4. The molecule has 0 saturated carbocycles. The lowest BCUT2D eigenvalue weighted by molar-refractivity contribution is -0.159. The maximum atomic E-state index is 12.2. The normalized spacial score (nSPS) is 30.8. The fourth-order valence-electron chi connectivity index (χ4n) is 2.66. The first-order valence-corrected chi connectivity index (χ1v) is 6.21. The van der Waals surface area contributed by atoms with Gasteiger partial charge in [0, 0.05) is 6.42 Å². The van der Waals surface area contributed by atoms with Gasteiger partial charge >= 0.3 is 5.97 Å². The summed E-state index contributed by atoms with van der Waals surface area (Å²) in [7, 11) is 0. The molecule has 0 radical (unpaired) electrons. The molecule has 0 aromatic carbocycles. The topological polar surface area (TPSA) is 60.4 Å². The maximum absolute atomic E-state index is 12.2. The smallest absolute Gasteiger partial charge is 0.324 e. The third-order valence-electron chi connectivity index (χ3n) is 3.60. The standard InChI is InChI=1S/C14H16O4/c1-2-18-13(17)14-8-7-11(15)9-10(14)5-3-4-6-12(14)16/h4,6-8,10H,2-3,5,9H2,1H3/t10-,14-/m1/s1. The van der Waals surface area contributed by atoms with Crippen LogP contribution in [0, 0.1) is 11.3 Å². The summed E-state index contributed by atoms with van der Waals surface area (Å²) in [5, 5.41) is 0. The summed E-state index contributed by atoms with van der Waals surface area (Å²) in [6, 6.07) is 0. The number of carbonyl (C=O) groups is 3. The Morgan fingerprint density at radius 3 is 2.94 bits per heavy atom. The number of allylic oxidation sites excluding steroid dienone is 3. The molecule has 2 aliphatic carbocycles. The first-order chi connectivity index (χ1) is 8.61. The molecule has 0 amide bonds. The van der Waals surface area contributed by atoms with Gasteiger partial charge in [0.2, 0.25) is 0 Å².